The van der Waals surface area contributed by atoms with Crippen LogP contribution in [-0.4, -0.2) is 30.0 Å². The largest absolute Gasteiger partial charge is 0.387 e. The second-order valence-corrected chi connectivity index (χ2v) is 5.73. The van der Waals surface area contributed by atoms with Gasteiger partial charge in [0.25, 0.3) is 0 Å². The molecule has 0 aliphatic rings. The number of fused-ring (bicyclic) bond motifs is 1. The first kappa shape index (κ1) is 17.9. The molecule has 2 aromatic rings. The number of aliphatic hydroxyl groups excluding tert-OH is 1. The molecule has 0 saturated heterocycles. The van der Waals surface area contributed by atoms with Crippen LogP contribution in [0.15, 0.2) is 42.5 Å². The molecule has 0 heterocycles. The van der Waals surface area contributed by atoms with Crippen LogP contribution in [0.3, 0.4) is 0 Å². The number of hydrogen-bond acceptors (Lipinski definition) is 3. The van der Waals surface area contributed by atoms with Crippen molar-refractivity contribution < 1.29 is 14.7 Å². The Kier molecular flexibility index (Phi) is 6.75. The number of rotatable bonds is 8. The van der Waals surface area contributed by atoms with Crippen molar-refractivity contribution in [1.82, 2.24) is 10.6 Å². The lowest BCUT2D eigenvalue weighted by molar-refractivity contribution is -0.122. The maximum atomic E-state index is 11.8. The zero-order chi connectivity index (χ0) is 17.4. The Morgan fingerprint density at radius 2 is 1.67 bits per heavy atom. The maximum Gasteiger partial charge on any atom is 0.220 e. The molecular formula is C19H24N2O3. The van der Waals surface area contributed by atoms with Crippen molar-refractivity contribution in [3.8, 4) is 0 Å². The SMILES string of the molecule is CCNC(=O)CCCC(=O)NCC(O)c1ccc2ccccc2c1. The van der Waals surface area contributed by atoms with Crippen LogP contribution in [0.2, 0.25) is 0 Å². The molecule has 5 nitrogen and oxygen atoms in total. The van der Waals surface area contributed by atoms with E-state index < -0.39 is 6.10 Å². The standard InChI is InChI=1S/C19H24N2O3/c1-2-20-18(23)8-5-9-19(24)21-13-17(22)16-11-10-14-6-3-4-7-15(14)12-16/h3-4,6-7,10-12,17,22H,2,5,8-9,13H2,1H3,(H,20,23)(H,21,24). The van der Waals surface area contributed by atoms with Gasteiger partial charge in [-0.15, -0.1) is 0 Å². The van der Waals surface area contributed by atoms with E-state index in [1.165, 1.54) is 0 Å². The van der Waals surface area contributed by atoms with Gasteiger partial charge >= 0.3 is 0 Å². The van der Waals surface area contributed by atoms with E-state index in [1.54, 1.807) is 0 Å². The van der Waals surface area contributed by atoms with Crippen LogP contribution in [-0.2, 0) is 9.59 Å². The number of nitrogens with one attached hydrogen (secondary N) is 2. The summed E-state index contributed by atoms with van der Waals surface area (Å²) in [6.07, 6.45) is 0.377. The zero-order valence-electron chi connectivity index (χ0n) is 13.9. The van der Waals surface area contributed by atoms with Crippen molar-refractivity contribution in [3.05, 3.63) is 48.0 Å². The fourth-order valence-electron chi connectivity index (χ4n) is 2.53. The highest BCUT2D eigenvalue weighted by molar-refractivity contribution is 5.83. The molecule has 3 N–H and O–H groups in total. The van der Waals surface area contributed by atoms with Crippen molar-refractivity contribution >= 4 is 22.6 Å². The summed E-state index contributed by atoms with van der Waals surface area (Å²) in [7, 11) is 0. The molecule has 2 aromatic carbocycles. The van der Waals surface area contributed by atoms with Gasteiger partial charge in [0.2, 0.25) is 11.8 Å². The van der Waals surface area contributed by atoms with E-state index in [1.807, 2.05) is 49.4 Å². The summed E-state index contributed by atoms with van der Waals surface area (Å²) in [5.41, 5.74) is 0.774. The van der Waals surface area contributed by atoms with Crippen LogP contribution in [0.5, 0.6) is 0 Å². The molecule has 2 rings (SSSR count). The van der Waals surface area contributed by atoms with Gasteiger partial charge in [0.1, 0.15) is 0 Å². The molecule has 0 aliphatic carbocycles. The van der Waals surface area contributed by atoms with Crippen LogP contribution in [0, 0.1) is 0 Å². The molecule has 0 radical (unpaired) electrons. The molecule has 1 atom stereocenters. The molecule has 0 fully saturated rings. The number of benzene rings is 2. The molecule has 0 aliphatic heterocycles. The monoisotopic (exact) mass is 328 g/mol. The van der Waals surface area contributed by atoms with Gasteiger partial charge in [-0.1, -0.05) is 36.4 Å². The summed E-state index contributed by atoms with van der Waals surface area (Å²) in [6.45, 7) is 2.63. The molecule has 0 spiro atoms. The Morgan fingerprint density at radius 1 is 1.00 bits per heavy atom. The van der Waals surface area contributed by atoms with E-state index in [0.717, 1.165) is 16.3 Å². The quantitative estimate of drug-likeness (QED) is 0.696. The Morgan fingerprint density at radius 3 is 2.38 bits per heavy atom. The topological polar surface area (TPSA) is 78.4 Å². The van der Waals surface area contributed by atoms with Gasteiger partial charge in [0.15, 0.2) is 0 Å². The predicted octanol–water partition coefficient (Wildman–Crippen LogP) is 2.30. The van der Waals surface area contributed by atoms with Gasteiger partial charge in [0, 0.05) is 25.9 Å². The summed E-state index contributed by atoms with van der Waals surface area (Å²) in [5.74, 6) is -0.194. The first-order valence-electron chi connectivity index (χ1n) is 8.30. The predicted molar refractivity (Wildman–Crippen MR) is 94.5 cm³/mol. The first-order chi connectivity index (χ1) is 11.6. The average Bonchev–Trinajstić information content (AvgIpc) is 2.59. The minimum atomic E-state index is -0.748. The lowest BCUT2D eigenvalue weighted by Gasteiger charge is -2.13. The Hall–Kier alpha value is -2.40. The maximum absolute atomic E-state index is 11.8. The van der Waals surface area contributed by atoms with Crippen LogP contribution in [0.4, 0.5) is 0 Å². The molecule has 0 bridgehead atoms. The average molecular weight is 328 g/mol. The molecule has 2 amide bonds. The van der Waals surface area contributed by atoms with Crippen molar-refractivity contribution in [2.24, 2.45) is 0 Å². The van der Waals surface area contributed by atoms with E-state index in [0.29, 0.717) is 19.4 Å². The Bertz CT molecular complexity index is 700. The van der Waals surface area contributed by atoms with E-state index >= 15 is 0 Å². The van der Waals surface area contributed by atoms with E-state index in [9.17, 15) is 14.7 Å². The van der Waals surface area contributed by atoms with Gasteiger partial charge in [-0.2, -0.15) is 0 Å². The summed E-state index contributed by atoms with van der Waals surface area (Å²) in [5, 5.41) is 17.8. The summed E-state index contributed by atoms with van der Waals surface area (Å²) in [6, 6.07) is 13.7. The minimum absolute atomic E-state index is 0.0403. The summed E-state index contributed by atoms with van der Waals surface area (Å²) >= 11 is 0. The second-order valence-electron chi connectivity index (χ2n) is 5.73. The molecule has 5 heteroatoms. The smallest absolute Gasteiger partial charge is 0.220 e. The summed E-state index contributed by atoms with van der Waals surface area (Å²) in [4.78, 5) is 23.1. The Balaban J connectivity index is 1.78. The molecule has 128 valence electrons. The number of aliphatic hydroxyl groups is 1. The van der Waals surface area contributed by atoms with E-state index in [-0.39, 0.29) is 24.8 Å². The van der Waals surface area contributed by atoms with E-state index in [2.05, 4.69) is 10.6 Å². The number of carbonyl (C=O) groups is 2. The molecule has 24 heavy (non-hydrogen) atoms. The first-order valence-corrected chi connectivity index (χ1v) is 8.30. The number of hydrogen-bond donors (Lipinski definition) is 3. The third-order valence-electron chi connectivity index (χ3n) is 3.83. The van der Waals surface area contributed by atoms with Gasteiger partial charge < -0.3 is 15.7 Å². The van der Waals surface area contributed by atoms with Crippen LogP contribution in [0.1, 0.15) is 37.9 Å². The molecule has 1 unspecified atom stereocenters. The lowest BCUT2D eigenvalue weighted by atomic mass is 10.0. The summed E-state index contributed by atoms with van der Waals surface area (Å²) < 4.78 is 0. The van der Waals surface area contributed by atoms with Crippen LogP contribution >= 0.6 is 0 Å². The minimum Gasteiger partial charge on any atom is -0.387 e. The van der Waals surface area contributed by atoms with Gasteiger partial charge in [-0.05, 0) is 35.7 Å². The molecule has 0 aromatic heterocycles. The molecule has 0 saturated carbocycles. The van der Waals surface area contributed by atoms with Gasteiger partial charge in [-0.25, -0.2) is 0 Å². The van der Waals surface area contributed by atoms with Gasteiger partial charge in [0.05, 0.1) is 6.10 Å². The van der Waals surface area contributed by atoms with Crippen molar-refractivity contribution in [2.75, 3.05) is 13.1 Å². The number of carbonyl (C=O) groups excluding carboxylic acids is 2. The zero-order valence-corrected chi connectivity index (χ0v) is 13.9. The Labute approximate surface area is 142 Å². The van der Waals surface area contributed by atoms with Crippen molar-refractivity contribution in [3.63, 3.8) is 0 Å². The third-order valence-corrected chi connectivity index (χ3v) is 3.83. The highest BCUT2D eigenvalue weighted by atomic mass is 16.3. The fourth-order valence-corrected chi connectivity index (χ4v) is 2.53. The van der Waals surface area contributed by atoms with Gasteiger partial charge in [-0.3, -0.25) is 9.59 Å². The van der Waals surface area contributed by atoms with E-state index in [4.69, 9.17) is 0 Å². The second kappa shape index (κ2) is 9.03. The highest BCUT2D eigenvalue weighted by Crippen LogP contribution is 2.20. The number of amides is 2. The van der Waals surface area contributed by atoms with Crippen LogP contribution < -0.4 is 10.6 Å². The lowest BCUT2D eigenvalue weighted by Crippen LogP contribution is -2.28. The fraction of sp³-hybridized carbons (Fsp3) is 0.368. The normalized spacial score (nSPS) is 11.9. The van der Waals surface area contributed by atoms with Crippen LogP contribution in [0.25, 0.3) is 10.8 Å². The highest BCUT2D eigenvalue weighted by Gasteiger charge is 2.10. The van der Waals surface area contributed by atoms with Crippen molar-refractivity contribution in [2.45, 2.75) is 32.3 Å². The third kappa shape index (κ3) is 5.35. The molecular weight excluding hydrogens is 304 g/mol. The van der Waals surface area contributed by atoms with Crippen molar-refractivity contribution in [1.29, 1.82) is 0 Å².